The van der Waals surface area contributed by atoms with E-state index in [4.69, 9.17) is 10.4 Å². The van der Waals surface area contributed by atoms with Gasteiger partial charge in [-0.25, -0.2) is 4.39 Å². The van der Waals surface area contributed by atoms with Gasteiger partial charge in [0.15, 0.2) is 0 Å². The average molecular weight is 273 g/mol. The number of aromatic nitrogens is 2. The Morgan fingerprint density at radius 2 is 2.15 bits per heavy atom. The molecular formula is C15H16FN3O. The summed E-state index contributed by atoms with van der Waals surface area (Å²) in [4.78, 5) is 0. The quantitative estimate of drug-likeness (QED) is 0.927. The van der Waals surface area contributed by atoms with E-state index in [1.807, 2.05) is 19.9 Å². The fourth-order valence-electron chi connectivity index (χ4n) is 2.27. The topological polar surface area (TPSA) is 61.8 Å². The number of rotatable bonds is 4. The van der Waals surface area contributed by atoms with Gasteiger partial charge in [0.25, 0.3) is 0 Å². The summed E-state index contributed by atoms with van der Waals surface area (Å²) in [7, 11) is 0. The second-order valence-corrected chi connectivity index (χ2v) is 4.70. The molecule has 2 aromatic rings. The summed E-state index contributed by atoms with van der Waals surface area (Å²) < 4.78 is 15.6. The van der Waals surface area contributed by atoms with E-state index in [9.17, 15) is 4.39 Å². The van der Waals surface area contributed by atoms with Gasteiger partial charge in [-0.3, -0.25) is 4.68 Å². The van der Waals surface area contributed by atoms with Crippen molar-refractivity contribution in [3.05, 3.63) is 52.1 Å². The van der Waals surface area contributed by atoms with E-state index < -0.39 is 5.82 Å². The molecule has 1 aromatic carbocycles. The summed E-state index contributed by atoms with van der Waals surface area (Å²) in [5, 5.41) is 22.2. The smallest absolute Gasteiger partial charge is 0.129 e. The summed E-state index contributed by atoms with van der Waals surface area (Å²) in [5.41, 5.74) is 3.58. The highest BCUT2D eigenvalue weighted by Gasteiger charge is 2.12. The Bertz CT molecular complexity index is 670. The summed E-state index contributed by atoms with van der Waals surface area (Å²) in [6, 6.07) is 6.34. The first-order chi connectivity index (χ1) is 9.56. The minimum atomic E-state index is -0.402. The van der Waals surface area contributed by atoms with Crippen molar-refractivity contribution < 1.29 is 9.50 Å². The maximum absolute atomic E-state index is 13.9. The lowest BCUT2D eigenvalue weighted by molar-refractivity contribution is 0.299. The zero-order valence-electron chi connectivity index (χ0n) is 11.5. The van der Waals surface area contributed by atoms with E-state index in [2.05, 4.69) is 5.10 Å². The Kier molecular flexibility index (Phi) is 4.16. The van der Waals surface area contributed by atoms with E-state index >= 15 is 0 Å². The van der Waals surface area contributed by atoms with Crippen molar-refractivity contribution in [3.63, 3.8) is 0 Å². The first kappa shape index (κ1) is 14.2. The van der Waals surface area contributed by atoms with Crippen LogP contribution in [-0.4, -0.2) is 21.5 Å². The monoisotopic (exact) mass is 273 g/mol. The second-order valence-electron chi connectivity index (χ2n) is 4.70. The Labute approximate surface area is 117 Å². The van der Waals surface area contributed by atoms with Gasteiger partial charge in [0, 0.05) is 17.9 Å². The zero-order valence-corrected chi connectivity index (χ0v) is 11.5. The average Bonchev–Trinajstić information content (AvgIpc) is 2.69. The van der Waals surface area contributed by atoms with Crippen molar-refractivity contribution in [1.29, 1.82) is 5.26 Å². The summed E-state index contributed by atoms with van der Waals surface area (Å²) >= 11 is 0. The number of aliphatic hydroxyl groups is 1. The Hall–Kier alpha value is -2.19. The fraction of sp³-hybridized carbons (Fsp3) is 0.333. The molecule has 2 rings (SSSR count). The van der Waals surface area contributed by atoms with Crippen LogP contribution in [-0.2, 0) is 13.0 Å². The van der Waals surface area contributed by atoms with Crippen LogP contribution in [0.2, 0.25) is 0 Å². The normalized spacial score (nSPS) is 10.6. The van der Waals surface area contributed by atoms with Gasteiger partial charge in [0.1, 0.15) is 5.82 Å². The molecule has 1 heterocycles. The van der Waals surface area contributed by atoms with Gasteiger partial charge >= 0.3 is 0 Å². The van der Waals surface area contributed by atoms with Crippen LogP contribution >= 0.6 is 0 Å². The number of hydrogen-bond acceptors (Lipinski definition) is 3. The molecule has 0 radical (unpaired) electrons. The predicted octanol–water partition coefficient (Wildman–Crippen LogP) is 2.09. The van der Waals surface area contributed by atoms with Gasteiger partial charge in [0.05, 0.1) is 23.9 Å². The zero-order chi connectivity index (χ0) is 14.7. The lowest BCUT2D eigenvalue weighted by Gasteiger charge is -2.07. The number of benzene rings is 1. The van der Waals surface area contributed by atoms with Crippen molar-refractivity contribution in [1.82, 2.24) is 9.78 Å². The van der Waals surface area contributed by atoms with Crippen molar-refractivity contribution in [2.45, 2.75) is 26.8 Å². The van der Waals surface area contributed by atoms with Gasteiger partial charge in [-0.15, -0.1) is 0 Å². The molecule has 0 unspecified atom stereocenters. The van der Waals surface area contributed by atoms with E-state index in [-0.39, 0.29) is 6.61 Å². The SMILES string of the molecule is Cc1nn(Cc2ccc(C#N)cc2F)c(C)c1CCO. The third kappa shape index (κ3) is 2.70. The lowest BCUT2D eigenvalue weighted by Crippen LogP contribution is -2.06. The summed E-state index contributed by atoms with van der Waals surface area (Å²) in [5.74, 6) is -0.402. The predicted molar refractivity (Wildman–Crippen MR) is 72.7 cm³/mol. The molecule has 0 saturated carbocycles. The minimum absolute atomic E-state index is 0.0681. The van der Waals surface area contributed by atoms with Crippen molar-refractivity contribution in [2.75, 3.05) is 6.61 Å². The molecule has 4 nitrogen and oxygen atoms in total. The second kappa shape index (κ2) is 5.85. The van der Waals surface area contributed by atoms with Crippen LogP contribution in [0.5, 0.6) is 0 Å². The Balaban J connectivity index is 2.31. The standard InChI is InChI=1S/C15H16FN3O/c1-10-14(5-6-20)11(2)19(18-10)9-13-4-3-12(8-17)7-15(13)16/h3-4,7,20H,5-6,9H2,1-2H3. The highest BCUT2D eigenvalue weighted by molar-refractivity contribution is 5.33. The van der Waals surface area contributed by atoms with Crippen LogP contribution in [0.1, 0.15) is 28.1 Å². The van der Waals surface area contributed by atoms with Gasteiger partial charge < -0.3 is 5.11 Å². The van der Waals surface area contributed by atoms with E-state index in [0.29, 0.717) is 24.1 Å². The van der Waals surface area contributed by atoms with Crippen molar-refractivity contribution in [2.24, 2.45) is 0 Å². The molecular weight excluding hydrogens is 257 g/mol. The highest BCUT2D eigenvalue weighted by atomic mass is 19.1. The maximum Gasteiger partial charge on any atom is 0.129 e. The Morgan fingerprint density at radius 3 is 2.75 bits per heavy atom. The maximum atomic E-state index is 13.9. The molecule has 0 atom stereocenters. The molecule has 0 bridgehead atoms. The summed E-state index contributed by atoms with van der Waals surface area (Å²) in [6.45, 7) is 4.17. The number of aliphatic hydroxyl groups excluding tert-OH is 1. The Morgan fingerprint density at radius 1 is 1.40 bits per heavy atom. The molecule has 0 spiro atoms. The number of aryl methyl sites for hydroxylation is 1. The number of halogens is 1. The van der Waals surface area contributed by atoms with Gasteiger partial charge in [-0.1, -0.05) is 6.07 Å². The molecule has 0 aliphatic heterocycles. The molecule has 0 saturated heterocycles. The van der Waals surface area contributed by atoms with Crippen LogP contribution in [0.25, 0.3) is 0 Å². The molecule has 104 valence electrons. The molecule has 20 heavy (non-hydrogen) atoms. The van der Waals surface area contributed by atoms with Crippen LogP contribution in [0.3, 0.4) is 0 Å². The molecule has 0 amide bonds. The molecule has 0 aliphatic carbocycles. The highest BCUT2D eigenvalue weighted by Crippen LogP contribution is 2.17. The first-order valence-electron chi connectivity index (χ1n) is 6.39. The first-order valence-corrected chi connectivity index (χ1v) is 6.39. The number of nitriles is 1. The molecule has 5 heteroatoms. The van der Waals surface area contributed by atoms with Crippen LogP contribution in [0.15, 0.2) is 18.2 Å². The molecule has 1 N–H and O–H groups in total. The van der Waals surface area contributed by atoms with Crippen molar-refractivity contribution in [3.8, 4) is 6.07 Å². The minimum Gasteiger partial charge on any atom is -0.396 e. The molecule has 0 fully saturated rings. The van der Waals surface area contributed by atoms with Crippen LogP contribution in [0, 0.1) is 31.0 Å². The van der Waals surface area contributed by atoms with Gasteiger partial charge in [-0.2, -0.15) is 10.4 Å². The largest absolute Gasteiger partial charge is 0.396 e. The summed E-state index contributed by atoms with van der Waals surface area (Å²) in [6.07, 6.45) is 0.549. The third-order valence-electron chi connectivity index (χ3n) is 3.40. The van der Waals surface area contributed by atoms with Gasteiger partial charge in [0.2, 0.25) is 0 Å². The third-order valence-corrected chi connectivity index (χ3v) is 3.40. The lowest BCUT2D eigenvalue weighted by atomic mass is 10.1. The number of hydrogen-bond donors (Lipinski definition) is 1. The van der Waals surface area contributed by atoms with Gasteiger partial charge in [-0.05, 0) is 38.0 Å². The van der Waals surface area contributed by atoms with Crippen LogP contribution in [0.4, 0.5) is 4.39 Å². The van der Waals surface area contributed by atoms with Crippen molar-refractivity contribution >= 4 is 0 Å². The molecule has 0 aliphatic rings. The van der Waals surface area contributed by atoms with E-state index in [1.54, 1.807) is 16.8 Å². The van der Waals surface area contributed by atoms with Crippen LogP contribution < -0.4 is 0 Å². The molecule has 1 aromatic heterocycles. The number of nitrogens with zero attached hydrogens (tertiary/aromatic N) is 3. The van der Waals surface area contributed by atoms with E-state index in [0.717, 1.165) is 17.0 Å². The van der Waals surface area contributed by atoms with E-state index in [1.165, 1.54) is 6.07 Å². The fourth-order valence-corrected chi connectivity index (χ4v) is 2.27.